The lowest BCUT2D eigenvalue weighted by atomic mass is 10.1. The number of nitrogens with zero attached hydrogens (tertiary/aromatic N) is 1. The normalized spacial score (nSPS) is 11.1. The molecule has 0 unspecified atom stereocenters. The second kappa shape index (κ2) is 6.41. The van der Waals surface area contributed by atoms with Crippen molar-refractivity contribution in [1.29, 1.82) is 0 Å². The van der Waals surface area contributed by atoms with Crippen LogP contribution in [-0.2, 0) is 6.54 Å². The summed E-state index contributed by atoms with van der Waals surface area (Å²) in [5, 5.41) is 14.3. The van der Waals surface area contributed by atoms with Gasteiger partial charge >= 0.3 is 0 Å². The van der Waals surface area contributed by atoms with E-state index in [0.29, 0.717) is 29.5 Å². The van der Waals surface area contributed by atoms with Crippen LogP contribution in [0.4, 0.5) is 5.69 Å². The lowest BCUT2D eigenvalue weighted by molar-refractivity contribution is -0.385. The molecule has 0 saturated heterocycles. The molecule has 0 amide bonds. The number of hydrogen-bond donors (Lipinski definition) is 1. The molecule has 0 atom stereocenters. The second-order valence-corrected chi connectivity index (χ2v) is 6.03. The molecule has 6 heteroatoms. The SMILES string of the molecule is Cc1cc(Br)c(-c2ccc(CNC(C)C)o2)cc1[N+](=O)[O-]. The summed E-state index contributed by atoms with van der Waals surface area (Å²) in [4.78, 5) is 10.7. The van der Waals surface area contributed by atoms with Gasteiger partial charge in [0.05, 0.1) is 11.5 Å². The van der Waals surface area contributed by atoms with E-state index in [9.17, 15) is 10.1 Å². The average Bonchev–Trinajstić information content (AvgIpc) is 2.84. The van der Waals surface area contributed by atoms with Crippen LogP contribution in [0.2, 0.25) is 0 Å². The van der Waals surface area contributed by atoms with Crippen molar-refractivity contribution in [2.45, 2.75) is 33.4 Å². The van der Waals surface area contributed by atoms with Gasteiger partial charge in [-0.25, -0.2) is 0 Å². The fourth-order valence-electron chi connectivity index (χ4n) is 1.97. The summed E-state index contributed by atoms with van der Waals surface area (Å²) in [5.41, 5.74) is 1.39. The molecule has 0 saturated carbocycles. The van der Waals surface area contributed by atoms with Crippen molar-refractivity contribution in [1.82, 2.24) is 5.32 Å². The molecule has 0 aliphatic heterocycles. The lowest BCUT2D eigenvalue weighted by Gasteiger charge is -2.06. The van der Waals surface area contributed by atoms with Gasteiger partial charge < -0.3 is 9.73 Å². The first-order valence-corrected chi connectivity index (χ1v) is 7.44. The van der Waals surface area contributed by atoms with Crippen molar-refractivity contribution in [3.63, 3.8) is 0 Å². The van der Waals surface area contributed by atoms with Gasteiger partial charge in [0.15, 0.2) is 0 Å². The molecule has 0 bridgehead atoms. The van der Waals surface area contributed by atoms with Gasteiger partial charge in [-0.1, -0.05) is 29.8 Å². The van der Waals surface area contributed by atoms with Gasteiger partial charge in [-0.2, -0.15) is 0 Å². The quantitative estimate of drug-likeness (QED) is 0.638. The third kappa shape index (κ3) is 3.71. The summed E-state index contributed by atoms with van der Waals surface area (Å²) in [6.07, 6.45) is 0. The van der Waals surface area contributed by atoms with E-state index in [2.05, 4.69) is 35.1 Å². The summed E-state index contributed by atoms with van der Waals surface area (Å²) in [5.74, 6) is 1.42. The number of nitro groups is 1. The molecule has 0 spiro atoms. The molecule has 2 aromatic rings. The van der Waals surface area contributed by atoms with Crippen molar-refractivity contribution in [3.8, 4) is 11.3 Å². The summed E-state index contributed by atoms with van der Waals surface area (Å²) in [7, 11) is 0. The molecule has 1 aromatic heterocycles. The Morgan fingerprint density at radius 2 is 2.10 bits per heavy atom. The van der Waals surface area contributed by atoms with Gasteiger partial charge in [-0.05, 0) is 25.1 Å². The highest BCUT2D eigenvalue weighted by atomic mass is 79.9. The van der Waals surface area contributed by atoms with E-state index in [4.69, 9.17) is 4.42 Å². The number of aryl methyl sites for hydroxylation is 1. The van der Waals surface area contributed by atoms with Crippen LogP contribution in [0.5, 0.6) is 0 Å². The first kappa shape index (κ1) is 15.7. The standard InChI is InChI=1S/C15H17BrN2O3/c1-9(2)17-8-11-4-5-15(21-11)12-7-14(18(19)20)10(3)6-13(12)16/h4-7,9,17H,8H2,1-3H3. The lowest BCUT2D eigenvalue weighted by Crippen LogP contribution is -2.21. The molecule has 1 heterocycles. The molecule has 1 N–H and O–H groups in total. The van der Waals surface area contributed by atoms with E-state index in [1.54, 1.807) is 13.0 Å². The number of rotatable bonds is 5. The maximum Gasteiger partial charge on any atom is 0.273 e. The molecule has 1 aromatic carbocycles. The van der Waals surface area contributed by atoms with E-state index in [1.165, 1.54) is 6.07 Å². The van der Waals surface area contributed by atoms with Gasteiger partial charge in [0.25, 0.3) is 5.69 Å². The maximum atomic E-state index is 11.0. The third-order valence-electron chi connectivity index (χ3n) is 3.09. The second-order valence-electron chi connectivity index (χ2n) is 5.18. The predicted molar refractivity (Wildman–Crippen MR) is 85.2 cm³/mol. The zero-order valence-corrected chi connectivity index (χ0v) is 13.7. The van der Waals surface area contributed by atoms with Gasteiger partial charge in [0.1, 0.15) is 11.5 Å². The van der Waals surface area contributed by atoms with Crippen molar-refractivity contribution < 1.29 is 9.34 Å². The number of nitrogens with one attached hydrogen (secondary N) is 1. The Labute approximate surface area is 131 Å². The highest BCUT2D eigenvalue weighted by molar-refractivity contribution is 9.10. The molecular weight excluding hydrogens is 336 g/mol. The van der Waals surface area contributed by atoms with Crippen molar-refractivity contribution in [2.75, 3.05) is 0 Å². The zero-order valence-electron chi connectivity index (χ0n) is 12.1. The summed E-state index contributed by atoms with van der Waals surface area (Å²) >= 11 is 3.44. The largest absolute Gasteiger partial charge is 0.460 e. The number of nitro benzene ring substituents is 1. The van der Waals surface area contributed by atoms with Gasteiger partial charge in [0.2, 0.25) is 0 Å². The van der Waals surface area contributed by atoms with Crippen LogP contribution < -0.4 is 5.32 Å². The van der Waals surface area contributed by atoms with E-state index < -0.39 is 0 Å². The molecule has 0 radical (unpaired) electrons. The fraction of sp³-hybridized carbons (Fsp3) is 0.333. The highest BCUT2D eigenvalue weighted by Gasteiger charge is 2.17. The smallest absolute Gasteiger partial charge is 0.273 e. The monoisotopic (exact) mass is 352 g/mol. The maximum absolute atomic E-state index is 11.0. The minimum absolute atomic E-state index is 0.0893. The first-order valence-electron chi connectivity index (χ1n) is 6.65. The molecule has 21 heavy (non-hydrogen) atoms. The minimum Gasteiger partial charge on any atom is -0.460 e. The van der Waals surface area contributed by atoms with Crippen LogP contribution in [-0.4, -0.2) is 11.0 Å². The van der Waals surface area contributed by atoms with E-state index >= 15 is 0 Å². The molecule has 0 fully saturated rings. The molecular formula is C15H17BrN2O3. The Balaban J connectivity index is 2.33. The van der Waals surface area contributed by atoms with Crippen molar-refractivity contribution in [2.24, 2.45) is 0 Å². The molecule has 0 aliphatic carbocycles. The van der Waals surface area contributed by atoms with Crippen LogP contribution >= 0.6 is 15.9 Å². The van der Waals surface area contributed by atoms with E-state index in [1.807, 2.05) is 12.1 Å². The highest BCUT2D eigenvalue weighted by Crippen LogP contribution is 2.35. The Hall–Kier alpha value is -1.66. The zero-order chi connectivity index (χ0) is 15.6. The van der Waals surface area contributed by atoms with Crippen molar-refractivity contribution in [3.05, 3.63) is 50.2 Å². The molecule has 5 nitrogen and oxygen atoms in total. The Bertz CT molecular complexity index is 665. The fourth-order valence-corrected chi connectivity index (χ4v) is 2.62. The van der Waals surface area contributed by atoms with Crippen LogP contribution in [0.25, 0.3) is 11.3 Å². The van der Waals surface area contributed by atoms with E-state index in [0.717, 1.165) is 10.2 Å². The summed E-state index contributed by atoms with van der Waals surface area (Å²) in [6.45, 7) is 6.46. The molecule has 112 valence electrons. The van der Waals surface area contributed by atoms with E-state index in [-0.39, 0.29) is 10.6 Å². The van der Waals surface area contributed by atoms with Crippen LogP contribution in [0, 0.1) is 17.0 Å². The number of benzene rings is 1. The first-order chi connectivity index (χ1) is 9.88. The summed E-state index contributed by atoms with van der Waals surface area (Å²) < 4.78 is 6.54. The topological polar surface area (TPSA) is 68.3 Å². The molecule has 0 aliphatic rings. The average molecular weight is 353 g/mol. The van der Waals surface area contributed by atoms with Gasteiger partial charge in [-0.15, -0.1) is 0 Å². The van der Waals surface area contributed by atoms with Crippen molar-refractivity contribution >= 4 is 21.6 Å². The number of hydrogen-bond acceptors (Lipinski definition) is 4. The van der Waals surface area contributed by atoms with Crippen LogP contribution in [0.3, 0.4) is 0 Å². The predicted octanol–water partition coefficient (Wildman–Crippen LogP) is 4.42. The molecule has 2 rings (SSSR count). The van der Waals surface area contributed by atoms with Gasteiger partial charge in [0, 0.05) is 27.7 Å². The number of furan rings is 1. The summed E-state index contributed by atoms with van der Waals surface area (Å²) in [6, 6.07) is 7.35. The third-order valence-corrected chi connectivity index (χ3v) is 3.75. The van der Waals surface area contributed by atoms with Crippen LogP contribution in [0.1, 0.15) is 25.2 Å². The number of halogens is 1. The Morgan fingerprint density at radius 1 is 1.38 bits per heavy atom. The Morgan fingerprint density at radius 3 is 2.71 bits per heavy atom. The minimum atomic E-state index is -0.380. The van der Waals surface area contributed by atoms with Crippen LogP contribution in [0.15, 0.2) is 33.2 Å². The Kier molecular flexibility index (Phi) is 4.80. The van der Waals surface area contributed by atoms with Gasteiger partial charge in [-0.3, -0.25) is 10.1 Å².